The van der Waals surface area contributed by atoms with E-state index in [1.807, 2.05) is 19.2 Å². The first kappa shape index (κ1) is 16.1. The zero-order valence-corrected chi connectivity index (χ0v) is 13.6. The lowest BCUT2D eigenvalue weighted by molar-refractivity contribution is -0.118. The molecule has 1 atom stereocenters. The van der Waals surface area contributed by atoms with Crippen molar-refractivity contribution >= 4 is 39.3 Å². The maximum absolute atomic E-state index is 12.0. The predicted molar refractivity (Wildman–Crippen MR) is 86.8 cm³/mol. The van der Waals surface area contributed by atoms with Crippen molar-refractivity contribution in [3.8, 4) is 0 Å². The van der Waals surface area contributed by atoms with Crippen LogP contribution in [0.2, 0.25) is 0 Å². The van der Waals surface area contributed by atoms with E-state index in [0.29, 0.717) is 24.3 Å². The summed E-state index contributed by atoms with van der Waals surface area (Å²) in [4.78, 5) is 12.0. The van der Waals surface area contributed by atoms with Gasteiger partial charge >= 0.3 is 0 Å². The van der Waals surface area contributed by atoms with Crippen LogP contribution >= 0.6 is 11.8 Å². The minimum Gasteiger partial charge on any atom is -0.326 e. The molecule has 2 rings (SSSR count). The van der Waals surface area contributed by atoms with Crippen LogP contribution < -0.4 is 14.8 Å². The SMILES string of the molecule is CSCC(C)C(=O)Nc1ccc2c(c1)N(S(N)(=O)=O)CC2. The van der Waals surface area contributed by atoms with Crippen molar-refractivity contribution in [2.75, 3.05) is 28.2 Å². The predicted octanol–water partition coefficient (Wildman–Crippen LogP) is 1.19. The Morgan fingerprint density at radius 3 is 2.86 bits per heavy atom. The van der Waals surface area contributed by atoms with Gasteiger partial charge in [-0.15, -0.1) is 0 Å². The molecule has 1 heterocycles. The highest BCUT2D eigenvalue weighted by Gasteiger charge is 2.27. The molecule has 116 valence electrons. The van der Waals surface area contributed by atoms with Crippen LogP contribution in [0.4, 0.5) is 11.4 Å². The molecule has 8 heteroatoms. The van der Waals surface area contributed by atoms with E-state index in [1.54, 1.807) is 23.9 Å². The van der Waals surface area contributed by atoms with Gasteiger partial charge in [0, 0.05) is 23.9 Å². The third-order valence-electron chi connectivity index (χ3n) is 3.38. The Morgan fingerprint density at radius 2 is 2.24 bits per heavy atom. The molecule has 1 aromatic carbocycles. The van der Waals surface area contributed by atoms with E-state index < -0.39 is 10.2 Å². The van der Waals surface area contributed by atoms with Gasteiger partial charge in [-0.1, -0.05) is 13.0 Å². The number of benzene rings is 1. The van der Waals surface area contributed by atoms with Crippen molar-refractivity contribution in [3.05, 3.63) is 23.8 Å². The highest BCUT2D eigenvalue weighted by atomic mass is 32.2. The molecule has 6 nitrogen and oxygen atoms in total. The van der Waals surface area contributed by atoms with Crippen LogP contribution in [0.3, 0.4) is 0 Å². The molecule has 1 aromatic rings. The number of carbonyl (C=O) groups is 1. The van der Waals surface area contributed by atoms with Gasteiger partial charge in [0.15, 0.2) is 0 Å². The molecule has 1 unspecified atom stereocenters. The molecular weight excluding hydrogens is 310 g/mol. The van der Waals surface area contributed by atoms with Crippen LogP contribution in [-0.4, -0.2) is 32.9 Å². The lowest BCUT2D eigenvalue weighted by Crippen LogP contribution is -2.35. The Morgan fingerprint density at radius 1 is 1.52 bits per heavy atom. The van der Waals surface area contributed by atoms with Gasteiger partial charge in [0.25, 0.3) is 10.2 Å². The second-order valence-electron chi connectivity index (χ2n) is 5.06. The molecule has 0 spiro atoms. The summed E-state index contributed by atoms with van der Waals surface area (Å²) < 4.78 is 24.2. The Labute approximate surface area is 129 Å². The first-order valence-corrected chi connectivity index (χ1v) is 9.46. The number of nitrogens with two attached hydrogens (primary N) is 1. The minimum atomic E-state index is -3.77. The lowest BCUT2D eigenvalue weighted by Gasteiger charge is -2.17. The summed E-state index contributed by atoms with van der Waals surface area (Å²) in [5, 5.41) is 8.02. The van der Waals surface area contributed by atoms with Gasteiger partial charge in [-0.25, -0.2) is 5.14 Å². The van der Waals surface area contributed by atoms with E-state index in [-0.39, 0.29) is 11.8 Å². The fraction of sp³-hybridized carbons (Fsp3) is 0.462. The number of hydrogen-bond donors (Lipinski definition) is 2. The van der Waals surface area contributed by atoms with Crippen LogP contribution in [0.25, 0.3) is 0 Å². The molecule has 0 fully saturated rings. The van der Waals surface area contributed by atoms with Crippen LogP contribution in [0.15, 0.2) is 18.2 Å². The highest BCUT2D eigenvalue weighted by Crippen LogP contribution is 2.32. The first-order valence-electron chi connectivity index (χ1n) is 6.56. The Hall–Kier alpha value is -1.25. The fourth-order valence-corrected chi connectivity index (χ4v) is 3.72. The third-order valence-corrected chi connectivity index (χ3v) is 5.20. The van der Waals surface area contributed by atoms with Crippen LogP contribution in [-0.2, 0) is 21.4 Å². The van der Waals surface area contributed by atoms with Crippen molar-refractivity contribution < 1.29 is 13.2 Å². The number of rotatable bonds is 5. The summed E-state index contributed by atoms with van der Waals surface area (Å²) >= 11 is 1.61. The molecule has 1 aliphatic heterocycles. The molecule has 1 aliphatic rings. The summed E-state index contributed by atoms with van der Waals surface area (Å²) in [6.07, 6.45) is 2.58. The molecule has 0 bridgehead atoms. The standard InChI is InChI=1S/C13H19N3O3S2/c1-9(8-20-2)13(17)15-11-4-3-10-5-6-16(12(10)7-11)21(14,18)19/h3-4,7,9H,5-6,8H2,1-2H3,(H,15,17)(H2,14,18,19). The van der Waals surface area contributed by atoms with E-state index in [1.165, 1.54) is 4.31 Å². The van der Waals surface area contributed by atoms with Gasteiger partial charge in [-0.2, -0.15) is 20.2 Å². The van der Waals surface area contributed by atoms with Crippen molar-refractivity contribution in [1.82, 2.24) is 0 Å². The van der Waals surface area contributed by atoms with Gasteiger partial charge in [0.2, 0.25) is 5.91 Å². The van der Waals surface area contributed by atoms with Crippen molar-refractivity contribution in [1.29, 1.82) is 0 Å². The molecule has 0 radical (unpaired) electrons. The van der Waals surface area contributed by atoms with Gasteiger partial charge in [-0.05, 0) is 30.4 Å². The quantitative estimate of drug-likeness (QED) is 0.849. The number of thioether (sulfide) groups is 1. The van der Waals surface area contributed by atoms with Crippen LogP contribution in [0, 0.1) is 5.92 Å². The summed E-state index contributed by atoms with van der Waals surface area (Å²) in [5.41, 5.74) is 2.05. The molecule has 0 aromatic heterocycles. The third kappa shape index (κ3) is 3.69. The number of amides is 1. The molecule has 21 heavy (non-hydrogen) atoms. The zero-order chi connectivity index (χ0) is 15.6. The van der Waals surface area contributed by atoms with E-state index in [0.717, 1.165) is 11.3 Å². The number of nitrogens with one attached hydrogen (secondary N) is 1. The second kappa shape index (κ2) is 6.25. The van der Waals surface area contributed by atoms with E-state index >= 15 is 0 Å². The Balaban J connectivity index is 2.20. The number of nitrogens with zero attached hydrogens (tertiary/aromatic N) is 1. The van der Waals surface area contributed by atoms with E-state index in [9.17, 15) is 13.2 Å². The van der Waals surface area contributed by atoms with E-state index in [4.69, 9.17) is 5.14 Å². The number of fused-ring (bicyclic) bond motifs is 1. The number of hydrogen-bond acceptors (Lipinski definition) is 4. The van der Waals surface area contributed by atoms with Crippen molar-refractivity contribution in [2.24, 2.45) is 11.1 Å². The van der Waals surface area contributed by atoms with Crippen molar-refractivity contribution in [2.45, 2.75) is 13.3 Å². The van der Waals surface area contributed by atoms with Crippen LogP contribution in [0.5, 0.6) is 0 Å². The average Bonchev–Trinajstić information content (AvgIpc) is 2.81. The Kier molecular flexibility index (Phi) is 4.80. The van der Waals surface area contributed by atoms with Gasteiger partial charge in [0.1, 0.15) is 0 Å². The topological polar surface area (TPSA) is 92.5 Å². The average molecular weight is 329 g/mol. The van der Waals surface area contributed by atoms with Gasteiger partial charge in [0.05, 0.1) is 5.69 Å². The van der Waals surface area contributed by atoms with Crippen molar-refractivity contribution in [3.63, 3.8) is 0 Å². The van der Waals surface area contributed by atoms with Crippen LogP contribution in [0.1, 0.15) is 12.5 Å². The van der Waals surface area contributed by atoms with Gasteiger partial charge in [-0.3, -0.25) is 9.10 Å². The number of anilines is 2. The maximum Gasteiger partial charge on any atom is 0.299 e. The first-order chi connectivity index (χ1) is 9.82. The smallest absolute Gasteiger partial charge is 0.299 e. The second-order valence-corrected chi connectivity index (χ2v) is 7.44. The highest BCUT2D eigenvalue weighted by molar-refractivity contribution is 7.98. The molecule has 1 amide bonds. The summed E-state index contributed by atoms with van der Waals surface area (Å²) in [6.45, 7) is 2.20. The normalized spacial score (nSPS) is 15.7. The summed E-state index contributed by atoms with van der Waals surface area (Å²) in [6, 6.07) is 5.28. The van der Waals surface area contributed by atoms with Gasteiger partial charge < -0.3 is 5.32 Å². The molecule has 3 N–H and O–H groups in total. The fourth-order valence-electron chi connectivity index (χ4n) is 2.28. The minimum absolute atomic E-state index is 0.0792. The largest absolute Gasteiger partial charge is 0.326 e. The zero-order valence-electron chi connectivity index (χ0n) is 12.0. The Bertz CT molecular complexity index is 646. The molecule has 0 aliphatic carbocycles. The van der Waals surface area contributed by atoms with E-state index in [2.05, 4.69) is 5.32 Å². The molecule has 0 saturated heterocycles. The summed E-state index contributed by atoms with van der Waals surface area (Å²) in [5.74, 6) is 0.548. The maximum atomic E-state index is 12.0. The molecular formula is C13H19N3O3S2. The monoisotopic (exact) mass is 329 g/mol. The lowest BCUT2D eigenvalue weighted by atomic mass is 10.1. The summed E-state index contributed by atoms with van der Waals surface area (Å²) in [7, 11) is -3.77. The number of carbonyl (C=O) groups excluding carboxylic acids is 1. The molecule has 0 saturated carbocycles.